The second-order valence-electron chi connectivity index (χ2n) is 8.91. The van der Waals surface area contributed by atoms with Crippen molar-refractivity contribution in [1.82, 2.24) is 0 Å². The Morgan fingerprint density at radius 3 is 2.27 bits per heavy atom. The van der Waals surface area contributed by atoms with Crippen LogP contribution in [0.2, 0.25) is 0 Å². The number of halogens is 1. The molecule has 5 nitrogen and oxygen atoms in total. The van der Waals surface area contributed by atoms with Crippen LogP contribution >= 0.6 is 0 Å². The average Bonchev–Trinajstić information content (AvgIpc) is 2.78. The van der Waals surface area contributed by atoms with Crippen LogP contribution in [0.4, 0.5) is 4.39 Å². The van der Waals surface area contributed by atoms with Gasteiger partial charge < -0.3 is 9.47 Å². The van der Waals surface area contributed by atoms with Gasteiger partial charge in [-0.3, -0.25) is 14.6 Å². The van der Waals surface area contributed by atoms with E-state index < -0.39 is 17.8 Å². The molecule has 1 unspecified atom stereocenters. The summed E-state index contributed by atoms with van der Waals surface area (Å²) in [6, 6.07) is 13.7. The zero-order valence-electron chi connectivity index (χ0n) is 19.3. The molecule has 2 aromatic rings. The Kier molecular flexibility index (Phi) is 6.45. The molecule has 172 valence electrons. The number of benzene rings is 2. The number of hydrogen-bond acceptors (Lipinski definition) is 5. The van der Waals surface area contributed by atoms with Crippen LogP contribution in [0.15, 0.2) is 64.8 Å². The number of Topliss-reactive ketones (excluding diaryl/α,β-unsaturated/α-hetero) is 1. The number of nitrogens with zero attached hydrogens (tertiary/aromatic N) is 1. The summed E-state index contributed by atoms with van der Waals surface area (Å²) < 4.78 is 24.4. The van der Waals surface area contributed by atoms with Gasteiger partial charge in [-0.15, -0.1) is 0 Å². The summed E-state index contributed by atoms with van der Waals surface area (Å²) in [5, 5.41) is 0. The second kappa shape index (κ2) is 9.30. The Balaban J connectivity index is 1.76. The van der Waals surface area contributed by atoms with Crippen LogP contribution in [-0.4, -0.2) is 30.7 Å². The number of hydrogen-bond donors (Lipinski definition) is 0. The van der Waals surface area contributed by atoms with Gasteiger partial charge in [-0.25, -0.2) is 4.39 Å². The normalized spacial score (nSPS) is 22.7. The highest BCUT2D eigenvalue weighted by atomic mass is 19.1. The largest absolute Gasteiger partial charge is 0.497 e. The lowest BCUT2D eigenvalue weighted by Gasteiger charge is -2.36. The van der Waals surface area contributed by atoms with E-state index in [1.165, 1.54) is 12.1 Å². The fraction of sp³-hybridized carbons (Fsp3) is 0.370. The highest BCUT2D eigenvalue weighted by molar-refractivity contribution is 6.09. The number of rotatable bonds is 5. The maximum Gasteiger partial charge on any atom is 0.315 e. The predicted molar refractivity (Wildman–Crippen MR) is 124 cm³/mol. The molecule has 1 aliphatic heterocycles. The van der Waals surface area contributed by atoms with Crippen LogP contribution in [0, 0.1) is 11.7 Å². The summed E-state index contributed by atoms with van der Waals surface area (Å²) in [4.78, 5) is 31.3. The van der Waals surface area contributed by atoms with Gasteiger partial charge in [0.15, 0.2) is 5.78 Å². The van der Waals surface area contributed by atoms with Crippen LogP contribution in [0.25, 0.3) is 0 Å². The van der Waals surface area contributed by atoms with E-state index in [0.29, 0.717) is 35.4 Å². The molecule has 3 atom stereocenters. The van der Waals surface area contributed by atoms with Crippen molar-refractivity contribution in [3.05, 3.63) is 76.7 Å². The Morgan fingerprint density at radius 2 is 1.67 bits per heavy atom. The molecular formula is C27H28FNO4. The molecule has 0 radical (unpaired) electrons. The molecule has 2 aliphatic rings. The van der Waals surface area contributed by atoms with Gasteiger partial charge in [0.2, 0.25) is 0 Å². The van der Waals surface area contributed by atoms with Gasteiger partial charge in [0.25, 0.3) is 0 Å². The summed E-state index contributed by atoms with van der Waals surface area (Å²) in [7, 11) is 1.62. The third-order valence-corrected chi connectivity index (χ3v) is 6.31. The van der Waals surface area contributed by atoms with Gasteiger partial charge in [-0.1, -0.05) is 24.3 Å². The van der Waals surface area contributed by atoms with Crippen molar-refractivity contribution in [2.24, 2.45) is 10.9 Å². The second-order valence-corrected chi connectivity index (χ2v) is 8.91. The standard InChI is InChI=1S/C27H28FNO4/c1-15(2)33-27(31)24-16(3)29-22-13-19(17-7-11-21(32-4)12-8-17)14-23(30)26(22)25(24)18-5-9-20(28)10-6-18/h5-12,15,19,24-25H,13-14H2,1-4H3/t19-,24?,25-/m0/s1. The molecule has 1 aliphatic carbocycles. The van der Waals surface area contributed by atoms with E-state index in [0.717, 1.165) is 11.3 Å². The predicted octanol–water partition coefficient (Wildman–Crippen LogP) is 5.36. The van der Waals surface area contributed by atoms with Gasteiger partial charge in [-0.2, -0.15) is 0 Å². The molecule has 6 heteroatoms. The lowest BCUT2D eigenvalue weighted by molar-refractivity contribution is -0.150. The molecular weight excluding hydrogens is 421 g/mol. The van der Waals surface area contributed by atoms with E-state index in [4.69, 9.17) is 14.5 Å². The summed E-state index contributed by atoms with van der Waals surface area (Å²) >= 11 is 0. The SMILES string of the molecule is COc1ccc([C@@H]2CC(=O)C3=C(C2)N=C(C)C(C(=O)OC(C)C)[C@@H]3c2ccc(F)cc2)cc1. The summed E-state index contributed by atoms with van der Waals surface area (Å²) in [5.74, 6) is -1.35. The molecule has 0 fully saturated rings. The fourth-order valence-corrected chi connectivity index (χ4v) is 4.81. The summed E-state index contributed by atoms with van der Waals surface area (Å²) in [6.45, 7) is 5.38. The highest BCUT2D eigenvalue weighted by Gasteiger charge is 2.44. The molecule has 0 amide bonds. The van der Waals surface area contributed by atoms with Crippen LogP contribution < -0.4 is 4.74 Å². The first-order chi connectivity index (χ1) is 15.8. The van der Waals surface area contributed by atoms with Crippen molar-refractivity contribution in [2.45, 2.75) is 51.6 Å². The smallest absolute Gasteiger partial charge is 0.315 e. The molecule has 0 spiro atoms. The minimum Gasteiger partial charge on any atom is -0.497 e. The third-order valence-electron chi connectivity index (χ3n) is 6.31. The Bertz CT molecular complexity index is 1120. The van der Waals surface area contributed by atoms with Crippen molar-refractivity contribution in [3.8, 4) is 5.75 Å². The van der Waals surface area contributed by atoms with E-state index in [2.05, 4.69) is 0 Å². The van der Waals surface area contributed by atoms with Crippen LogP contribution in [0.1, 0.15) is 56.6 Å². The number of aliphatic imine (C=N–C) groups is 1. The van der Waals surface area contributed by atoms with E-state index in [1.54, 1.807) is 40.0 Å². The number of ether oxygens (including phenoxy) is 2. The zero-order valence-corrected chi connectivity index (χ0v) is 19.3. The number of carbonyl (C=O) groups excluding carboxylic acids is 2. The molecule has 0 saturated carbocycles. The maximum atomic E-state index is 13.7. The van der Waals surface area contributed by atoms with E-state index >= 15 is 0 Å². The molecule has 0 saturated heterocycles. The van der Waals surface area contributed by atoms with Crippen LogP contribution in [-0.2, 0) is 14.3 Å². The number of esters is 1. The van der Waals surface area contributed by atoms with Crippen LogP contribution in [0.5, 0.6) is 5.75 Å². The van der Waals surface area contributed by atoms with Gasteiger partial charge in [0, 0.05) is 29.3 Å². The van der Waals surface area contributed by atoms with Crippen molar-refractivity contribution in [3.63, 3.8) is 0 Å². The molecule has 0 aromatic heterocycles. The molecule has 0 bridgehead atoms. The Hall–Kier alpha value is -3.28. The average molecular weight is 450 g/mol. The number of carbonyl (C=O) groups is 2. The monoisotopic (exact) mass is 449 g/mol. The van der Waals surface area contributed by atoms with Gasteiger partial charge >= 0.3 is 5.97 Å². The molecule has 33 heavy (non-hydrogen) atoms. The van der Waals surface area contributed by atoms with E-state index in [-0.39, 0.29) is 23.6 Å². The Labute approximate surface area is 193 Å². The Morgan fingerprint density at radius 1 is 1.03 bits per heavy atom. The minimum atomic E-state index is -0.724. The van der Waals surface area contributed by atoms with Crippen LogP contribution in [0.3, 0.4) is 0 Å². The lowest BCUT2D eigenvalue weighted by Crippen LogP contribution is -2.38. The van der Waals surface area contributed by atoms with Crippen molar-refractivity contribution < 1.29 is 23.5 Å². The lowest BCUT2D eigenvalue weighted by atomic mass is 9.69. The first-order valence-corrected chi connectivity index (χ1v) is 11.2. The van der Waals surface area contributed by atoms with Gasteiger partial charge in [0.05, 0.1) is 13.2 Å². The molecule has 1 heterocycles. The van der Waals surface area contributed by atoms with E-state index in [1.807, 2.05) is 24.3 Å². The topological polar surface area (TPSA) is 65.0 Å². The maximum absolute atomic E-state index is 13.7. The molecule has 4 rings (SSSR count). The molecule has 2 aromatic carbocycles. The number of allylic oxidation sites excluding steroid dienone is 2. The van der Waals surface area contributed by atoms with Crippen molar-refractivity contribution in [1.29, 1.82) is 0 Å². The minimum absolute atomic E-state index is 0.00765. The summed E-state index contributed by atoms with van der Waals surface area (Å²) in [5.41, 5.74) is 3.61. The van der Waals surface area contributed by atoms with E-state index in [9.17, 15) is 14.0 Å². The van der Waals surface area contributed by atoms with Gasteiger partial charge in [-0.05, 0) is 68.5 Å². The fourth-order valence-electron chi connectivity index (χ4n) is 4.81. The highest BCUT2D eigenvalue weighted by Crippen LogP contribution is 2.47. The first-order valence-electron chi connectivity index (χ1n) is 11.2. The summed E-state index contributed by atoms with van der Waals surface area (Å²) in [6.07, 6.45) is 0.619. The number of methoxy groups -OCH3 is 1. The number of ketones is 1. The van der Waals surface area contributed by atoms with Crippen molar-refractivity contribution >= 4 is 17.5 Å². The van der Waals surface area contributed by atoms with Gasteiger partial charge in [0.1, 0.15) is 17.5 Å². The first kappa shape index (κ1) is 22.9. The zero-order chi connectivity index (χ0) is 23.7. The molecule has 0 N–H and O–H groups in total. The van der Waals surface area contributed by atoms with Crippen molar-refractivity contribution in [2.75, 3.05) is 7.11 Å². The third kappa shape index (κ3) is 4.61. The quantitative estimate of drug-likeness (QED) is 0.577.